The van der Waals surface area contributed by atoms with Crippen molar-refractivity contribution in [2.24, 2.45) is 0 Å². The second kappa shape index (κ2) is 6.83. The Bertz CT molecular complexity index is 220. The molecule has 0 aromatic carbocycles. The van der Waals surface area contributed by atoms with Gasteiger partial charge in [0.05, 0.1) is 6.10 Å². The molecule has 5 nitrogen and oxygen atoms in total. The quantitative estimate of drug-likeness (QED) is 0.669. The van der Waals surface area contributed by atoms with E-state index in [4.69, 9.17) is 14.6 Å². The number of esters is 1. The Labute approximate surface area is 96.3 Å². The Balaban J connectivity index is 2.02. The number of aliphatic hydroxyl groups excluding tert-OH is 1. The van der Waals surface area contributed by atoms with E-state index in [1.54, 1.807) is 0 Å². The van der Waals surface area contributed by atoms with Crippen molar-refractivity contribution in [3.05, 3.63) is 0 Å². The van der Waals surface area contributed by atoms with Gasteiger partial charge in [0.2, 0.25) is 0 Å². The summed E-state index contributed by atoms with van der Waals surface area (Å²) in [6.07, 6.45) is 1.81. The van der Waals surface area contributed by atoms with Gasteiger partial charge in [0.1, 0.15) is 6.61 Å². The molecule has 16 heavy (non-hydrogen) atoms. The Morgan fingerprint density at radius 3 is 2.81 bits per heavy atom. The van der Waals surface area contributed by atoms with E-state index >= 15 is 0 Å². The van der Waals surface area contributed by atoms with Crippen LogP contribution < -0.4 is 0 Å². The van der Waals surface area contributed by atoms with E-state index in [9.17, 15) is 4.79 Å². The number of hydrogen-bond donors (Lipinski definition) is 1. The van der Waals surface area contributed by atoms with Gasteiger partial charge in [0, 0.05) is 12.8 Å². The van der Waals surface area contributed by atoms with Gasteiger partial charge in [-0.15, -0.1) is 0 Å². The molecule has 0 aliphatic carbocycles. The average molecular weight is 231 g/mol. The molecule has 0 spiro atoms. The van der Waals surface area contributed by atoms with Gasteiger partial charge < -0.3 is 19.5 Å². The minimum absolute atomic E-state index is 0.132. The summed E-state index contributed by atoms with van der Waals surface area (Å²) in [7, 11) is 3.94. The van der Waals surface area contributed by atoms with Crippen molar-refractivity contribution in [3.8, 4) is 0 Å². The van der Waals surface area contributed by atoms with Crippen LogP contribution in [0, 0.1) is 0 Å². The highest BCUT2D eigenvalue weighted by atomic mass is 16.6. The molecule has 5 heteroatoms. The van der Waals surface area contributed by atoms with E-state index in [2.05, 4.69) is 0 Å². The van der Waals surface area contributed by atoms with Crippen molar-refractivity contribution in [3.63, 3.8) is 0 Å². The fourth-order valence-corrected chi connectivity index (χ4v) is 1.61. The maximum Gasteiger partial charge on any atom is 0.305 e. The number of carbonyl (C=O) groups excluding carboxylic acids is 1. The molecular formula is C11H21NO4. The molecule has 2 atom stereocenters. The first-order chi connectivity index (χ1) is 7.58. The predicted molar refractivity (Wildman–Crippen MR) is 58.9 cm³/mol. The van der Waals surface area contributed by atoms with Crippen LogP contribution in [-0.2, 0) is 14.3 Å². The van der Waals surface area contributed by atoms with Crippen LogP contribution in [0.25, 0.3) is 0 Å². The molecule has 0 amide bonds. The third kappa shape index (κ3) is 5.44. The number of ether oxygens (including phenoxy) is 2. The van der Waals surface area contributed by atoms with E-state index in [0.29, 0.717) is 12.8 Å². The third-order valence-corrected chi connectivity index (χ3v) is 2.50. The number of nitrogens with zero attached hydrogens (tertiary/aromatic N) is 1. The molecule has 0 aromatic heterocycles. The Morgan fingerprint density at radius 1 is 1.50 bits per heavy atom. The van der Waals surface area contributed by atoms with Crippen molar-refractivity contribution in [1.82, 2.24) is 4.90 Å². The molecular weight excluding hydrogens is 210 g/mol. The van der Waals surface area contributed by atoms with Crippen LogP contribution in [0.5, 0.6) is 0 Å². The standard InChI is InChI=1S/C11H21NO4/c1-12(2)7-3-4-10(13)15-8-9-5-6-11(14)16-9/h9,11,14H,3-8H2,1-2H3/t9-,11+/m0/s1. The smallest absolute Gasteiger partial charge is 0.305 e. The largest absolute Gasteiger partial charge is 0.463 e. The van der Waals surface area contributed by atoms with Crippen molar-refractivity contribution in [1.29, 1.82) is 0 Å². The molecule has 0 saturated carbocycles. The molecule has 1 aliphatic rings. The maximum absolute atomic E-state index is 11.3. The van der Waals surface area contributed by atoms with Crippen LogP contribution in [0.3, 0.4) is 0 Å². The zero-order valence-electron chi connectivity index (χ0n) is 10.0. The molecule has 1 saturated heterocycles. The summed E-state index contributed by atoms with van der Waals surface area (Å²) in [6, 6.07) is 0. The lowest BCUT2D eigenvalue weighted by Crippen LogP contribution is -2.20. The first-order valence-electron chi connectivity index (χ1n) is 5.72. The van der Waals surface area contributed by atoms with Crippen LogP contribution >= 0.6 is 0 Å². The van der Waals surface area contributed by atoms with Gasteiger partial charge in [0.15, 0.2) is 6.29 Å². The van der Waals surface area contributed by atoms with Gasteiger partial charge in [0.25, 0.3) is 0 Å². The molecule has 1 fully saturated rings. The molecule has 0 unspecified atom stereocenters. The highest BCUT2D eigenvalue weighted by Gasteiger charge is 2.24. The van der Waals surface area contributed by atoms with E-state index in [1.807, 2.05) is 19.0 Å². The monoisotopic (exact) mass is 231 g/mol. The predicted octanol–water partition coefficient (Wildman–Crippen LogP) is 0.369. The summed E-state index contributed by atoms with van der Waals surface area (Å²) >= 11 is 0. The Hall–Kier alpha value is -0.650. The van der Waals surface area contributed by atoms with Gasteiger partial charge >= 0.3 is 5.97 Å². The molecule has 0 aromatic rings. The van der Waals surface area contributed by atoms with Gasteiger partial charge in [-0.05, 0) is 33.5 Å². The number of rotatable bonds is 6. The zero-order valence-corrected chi connectivity index (χ0v) is 10.0. The van der Waals surface area contributed by atoms with Gasteiger partial charge in [-0.25, -0.2) is 0 Å². The second-order valence-electron chi connectivity index (χ2n) is 4.38. The minimum Gasteiger partial charge on any atom is -0.463 e. The lowest BCUT2D eigenvalue weighted by Gasteiger charge is -2.12. The van der Waals surface area contributed by atoms with Crippen LogP contribution in [0.2, 0.25) is 0 Å². The SMILES string of the molecule is CN(C)CCCC(=O)OC[C@@H]1CC[C@H](O)O1. The van der Waals surface area contributed by atoms with Gasteiger partial charge in [-0.1, -0.05) is 0 Å². The molecule has 0 radical (unpaired) electrons. The van der Waals surface area contributed by atoms with E-state index in [0.717, 1.165) is 19.4 Å². The lowest BCUT2D eigenvalue weighted by molar-refractivity contribution is -0.152. The van der Waals surface area contributed by atoms with Crippen molar-refractivity contribution in [2.75, 3.05) is 27.2 Å². The van der Waals surface area contributed by atoms with Crippen LogP contribution in [0.15, 0.2) is 0 Å². The first kappa shape index (κ1) is 13.4. The second-order valence-corrected chi connectivity index (χ2v) is 4.38. The normalized spacial score (nSPS) is 25.0. The van der Waals surface area contributed by atoms with Crippen molar-refractivity contribution in [2.45, 2.75) is 38.1 Å². The molecule has 1 aliphatic heterocycles. The Kier molecular flexibility index (Phi) is 5.73. The van der Waals surface area contributed by atoms with Crippen LogP contribution in [0.4, 0.5) is 0 Å². The number of aliphatic hydroxyl groups is 1. The van der Waals surface area contributed by atoms with E-state index in [-0.39, 0.29) is 18.7 Å². The van der Waals surface area contributed by atoms with Gasteiger partial charge in [-0.2, -0.15) is 0 Å². The number of carbonyl (C=O) groups is 1. The minimum atomic E-state index is -0.683. The van der Waals surface area contributed by atoms with Crippen LogP contribution in [0.1, 0.15) is 25.7 Å². The zero-order chi connectivity index (χ0) is 12.0. The van der Waals surface area contributed by atoms with E-state index < -0.39 is 6.29 Å². The third-order valence-electron chi connectivity index (χ3n) is 2.50. The molecule has 94 valence electrons. The Morgan fingerprint density at radius 2 is 2.25 bits per heavy atom. The van der Waals surface area contributed by atoms with Gasteiger partial charge in [-0.3, -0.25) is 4.79 Å². The topological polar surface area (TPSA) is 59.0 Å². The molecule has 1 N–H and O–H groups in total. The van der Waals surface area contributed by atoms with E-state index in [1.165, 1.54) is 0 Å². The maximum atomic E-state index is 11.3. The summed E-state index contributed by atoms with van der Waals surface area (Å²) in [5.74, 6) is -0.188. The molecule has 1 rings (SSSR count). The first-order valence-corrected chi connectivity index (χ1v) is 5.72. The summed E-state index contributed by atoms with van der Waals surface area (Å²) in [5.41, 5.74) is 0. The summed E-state index contributed by atoms with van der Waals surface area (Å²) in [5, 5.41) is 9.10. The summed E-state index contributed by atoms with van der Waals surface area (Å²) in [6.45, 7) is 1.14. The molecule has 0 bridgehead atoms. The summed E-state index contributed by atoms with van der Waals surface area (Å²) < 4.78 is 10.2. The van der Waals surface area contributed by atoms with Crippen LogP contribution in [-0.4, -0.2) is 55.6 Å². The fraction of sp³-hybridized carbons (Fsp3) is 0.909. The summed E-state index contributed by atoms with van der Waals surface area (Å²) in [4.78, 5) is 13.3. The number of hydrogen-bond acceptors (Lipinski definition) is 5. The highest BCUT2D eigenvalue weighted by molar-refractivity contribution is 5.69. The fourth-order valence-electron chi connectivity index (χ4n) is 1.61. The van der Waals surface area contributed by atoms with Crippen molar-refractivity contribution < 1.29 is 19.4 Å². The molecule has 1 heterocycles. The lowest BCUT2D eigenvalue weighted by atomic mass is 10.2. The van der Waals surface area contributed by atoms with Crippen molar-refractivity contribution >= 4 is 5.97 Å². The highest BCUT2D eigenvalue weighted by Crippen LogP contribution is 2.17. The average Bonchev–Trinajstić information content (AvgIpc) is 2.61.